The number of fused-ring (bicyclic) bond motifs is 1. The van der Waals surface area contributed by atoms with E-state index < -0.39 is 18.0 Å². The lowest BCUT2D eigenvalue weighted by molar-refractivity contribution is -0.128. The topological polar surface area (TPSA) is 84.9 Å². The van der Waals surface area contributed by atoms with Crippen LogP contribution >= 0.6 is 0 Å². The lowest BCUT2D eigenvalue weighted by Gasteiger charge is -2.30. The van der Waals surface area contributed by atoms with E-state index in [1.165, 1.54) is 11.8 Å². The van der Waals surface area contributed by atoms with Gasteiger partial charge >= 0.3 is 5.97 Å². The van der Waals surface area contributed by atoms with Gasteiger partial charge in [-0.25, -0.2) is 4.79 Å². The van der Waals surface area contributed by atoms with Gasteiger partial charge in [-0.1, -0.05) is 19.1 Å². The molecule has 146 valence electrons. The van der Waals surface area contributed by atoms with E-state index in [2.05, 4.69) is 5.32 Å². The minimum Gasteiger partial charge on any atom is -0.494 e. The molecule has 7 nitrogen and oxygen atoms in total. The second-order valence-corrected chi connectivity index (χ2v) is 6.41. The molecule has 1 N–H and O–H groups in total. The van der Waals surface area contributed by atoms with E-state index in [0.717, 1.165) is 6.42 Å². The summed E-state index contributed by atoms with van der Waals surface area (Å²) in [5, 5.41) is 2.72. The van der Waals surface area contributed by atoms with E-state index in [0.29, 0.717) is 29.3 Å². The predicted octanol–water partition coefficient (Wildman–Crippen LogP) is 3.01. The van der Waals surface area contributed by atoms with Gasteiger partial charge in [0, 0.05) is 0 Å². The summed E-state index contributed by atoms with van der Waals surface area (Å²) >= 11 is 0. The first-order valence-electron chi connectivity index (χ1n) is 9.13. The number of ether oxygens (including phenoxy) is 2. The molecule has 0 aromatic heterocycles. The van der Waals surface area contributed by atoms with Crippen LogP contribution in [-0.2, 0) is 14.3 Å². The third-order valence-electron chi connectivity index (χ3n) is 4.23. The molecule has 1 heterocycles. The lowest BCUT2D eigenvalue weighted by Crippen LogP contribution is -2.47. The summed E-state index contributed by atoms with van der Waals surface area (Å²) in [4.78, 5) is 38.4. The van der Waals surface area contributed by atoms with E-state index in [9.17, 15) is 14.4 Å². The van der Waals surface area contributed by atoms with E-state index >= 15 is 0 Å². The number of nitrogens with one attached hydrogen (secondary N) is 1. The number of para-hydroxylation sites is 2. The molecule has 0 spiro atoms. The first-order chi connectivity index (χ1) is 13.5. The van der Waals surface area contributed by atoms with E-state index in [1.807, 2.05) is 6.92 Å². The van der Waals surface area contributed by atoms with Crippen molar-refractivity contribution in [2.45, 2.75) is 26.4 Å². The summed E-state index contributed by atoms with van der Waals surface area (Å²) in [5.41, 5.74) is 1.45. The Bertz CT molecular complexity index is 879. The maximum atomic E-state index is 12.8. The van der Waals surface area contributed by atoms with Crippen molar-refractivity contribution >= 4 is 29.2 Å². The number of carbonyl (C=O) groups excluding carboxylic acids is 3. The largest absolute Gasteiger partial charge is 0.494 e. The van der Waals surface area contributed by atoms with Crippen LogP contribution in [0.2, 0.25) is 0 Å². The van der Waals surface area contributed by atoms with Crippen molar-refractivity contribution < 1.29 is 23.9 Å². The van der Waals surface area contributed by atoms with Crippen LogP contribution in [0.3, 0.4) is 0 Å². The highest BCUT2D eigenvalue weighted by molar-refractivity contribution is 6.11. The van der Waals surface area contributed by atoms with Gasteiger partial charge in [0.05, 0.1) is 23.5 Å². The monoisotopic (exact) mass is 382 g/mol. The number of hydrogen-bond donors (Lipinski definition) is 1. The summed E-state index contributed by atoms with van der Waals surface area (Å²) in [6.45, 7) is 3.98. The normalized spacial score (nSPS) is 13.9. The maximum Gasteiger partial charge on any atom is 0.338 e. The van der Waals surface area contributed by atoms with Crippen molar-refractivity contribution in [1.29, 1.82) is 0 Å². The molecule has 1 aliphatic rings. The Morgan fingerprint density at radius 1 is 1.14 bits per heavy atom. The summed E-state index contributed by atoms with van der Waals surface area (Å²) in [7, 11) is 0. The molecule has 2 amide bonds. The number of amides is 2. The average molecular weight is 382 g/mol. The molecule has 2 aromatic rings. The van der Waals surface area contributed by atoms with Crippen LogP contribution in [-0.4, -0.2) is 37.0 Å². The standard InChI is InChI=1S/C21H22N2O5/c1-3-12-27-16-10-8-15(9-11-16)21(26)28-14(2)20(25)23-13-19(24)22-17-6-4-5-7-18(17)23/h4-11,14H,3,12-13H2,1-2H3,(H,22,24)/t14-/m0/s1. The van der Waals surface area contributed by atoms with Crippen LogP contribution < -0.4 is 15.0 Å². The summed E-state index contributed by atoms with van der Waals surface area (Å²) < 4.78 is 10.8. The van der Waals surface area contributed by atoms with Crippen molar-refractivity contribution in [3.8, 4) is 5.75 Å². The van der Waals surface area contributed by atoms with E-state index in [1.54, 1.807) is 48.5 Å². The van der Waals surface area contributed by atoms with Gasteiger partial charge in [0.25, 0.3) is 5.91 Å². The Morgan fingerprint density at radius 2 is 1.86 bits per heavy atom. The molecule has 0 unspecified atom stereocenters. The van der Waals surface area contributed by atoms with Crippen molar-refractivity contribution in [2.24, 2.45) is 0 Å². The molecule has 3 rings (SSSR count). The fraction of sp³-hybridized carbons (Fsp3) is 0.286. The van der Waals surface area contributed by atoms with Crippen LogP contribution in [0.5, 0.6) is 5.75 Å². The molecule has 7 heteroatoms. The van der Waals surface area contributed by atoms with Crippen molar-refractivity contribution in [3.63, 3.8) is 0 Å². The molecule has 28 heavy (non-hydrogen) atoms. The molecule has 2 aromatic carbocycles. The summed E-state index contributed by atoms with van der Waals surface area (Å²) in [6.07, 6.45) is -0.149. The smallest absolute Gasteiger partial charge is 0.338 e. The molecule has 1 atom stereocenters. The summed E-state index contributed by atoms with van der Waals surface area (Å²) in [5.74, 6) is -0.706. The molecular formula is C21H22N2O5. The Morgan fingerprint density at radius 3 is 2.57 bits per heavy atom. The lowest BCUT2D eigenvalue weighted by atomic mass is 10.1. The minimum atomic E-state index is -1.04. The average Bonchev–Trinajstić information content (AvgIpc) is 2.71. The zero-order chi connectivity index (χ0) is 20.1. The van der Waals surface area contributed by atoms with Crippen LogP contribution in [0.25, 0.3) is 0 Å². The van der Waals surface area contributed by atoms with Gasteiger partial charge in [0.1, 0.15) is 12.3 Å². The zero-order valence-electron chi connectivity index (χ0n) is 15.8. The number of anilines is 2. The SMILES string of the molecule is CCCOc1ccc(C(=O)O[C@@H](C)C(=O)N2CC(=O)Nc3ccccc32)cc1. The first-order valence-corrected chi connectivity index (χ1v) is 9.13. The Balaban J connectivity index is 1.67. The van der Waals surface area contributed by atoms with Crippen LogP contribution in [0, 0.1) is 0 Å². The molecule has 0 aliphatic carbocycles. The van der Waals surface area contributed by atoms with Gasteiger partial charge in [0.15, 0.2) is 6.10 Å². The van der Waals surface area contributed by atoms with Gasteiger partial charge in [-0.15, -0.1) is 0 Å². The van der Waals surface area contributed by atoms with Gasteiger partial charge in [-0.05, 0) is 49.7 Å². The second kappa shape index (κ2) is 8.56. The third kappa shape index (κ3) is 4.31. The summed E-state index contributed by atoms with van der Waals surface area (Å²) in [6, 6.07) is 13.5. The Hall–Kier alpha value is -3.35. The predicted molar refractivity (Wildman–Crippen MR) is 105 cm³/mol. The highest BCUT2D eigenvalue weighted by Gasteiger charge is 2.31. The van der Waals surface area contributed by atoms with Gasteiger partial charge in [0.2, 0.25) is 5.91 Å². The minimum absolute atomic E-state index is 0.124. The number of carbonyl (C=O) groups is 3. The Labute approximate surface area is 163 Å². The zero-order valence-corrected chi connectivity index (χ0v) is 15.8. The molecule has 0 saturated carbocycles. The molecule has 0 fully saturated rings. The first kappa shape index (κ1) is 19.4. The number of esters is 1. The second-order valence-electron chi connectivity index (χ2n) is 6.41. The van der Waals surface area contributed by atoms with Crippen molar-refractivity contribution in [2.75, 3.05) is 23.4 Å². The maximum absolute atomic E-state index is 12.8. The number of benzene rings is 2. The van der Waals surface area contributed by atoms with Gasteiger partial charge in [-0.2, -0.15) is 0 Å². The van der Waals surface area contributed by atoms with Gasteiger partial charge < -0.3 is 14.8 Å². The third-order valence-corrected chi connectivity index (χ3v) is 4.23. The van der Waals surface area contributed by atoms with Gasteiger partial charge in [-0.3, -0.25) is 14.5 Å². The molecule has 0 bridgehead atoms. The van der Waals surface area contributed by atoms with E-state index in [4.69, 9.17) is 9.47 Å². The molecule has 0 saturated heterocycles. The Kier molecular flexibility index (Phi) is 5.93. The van der Waals surface area contributed by atoms with Crippen molar-refractivity contribution in [1.82, 2.24) is 0 Å². The number of rotatable bonds is 6. The fourth-order valence-corrected chi connectivity index (χ4v) is 2.84. The van der Waals surface area contributed by atoms with Crippen LogP contribution in [0.15, 0.2) is 48.5 Å². The quantitative estimate of drug-likeness (QED) is 0.777. The highest BCUT2D eigenvalue weighted by atomic mass is 16.5. The highest BCUT2D eigenvalue weighted by Crippen LogP contribution is 2.29. The molecular weight excluding hydrogens is 360 g/mol. The van der Waals surface area contributed by atoms with Crippen LogP contribution in [0.1, 0.15) is 30.6 Å². The van der Waals surface area contributed by atoms with E-state index in [-0.39, 0.29) is 12.5 Å². The molecule has 0 radical (unpaired) electrons. The van der Waals surface area contributed by atoms with Crippen molar-refractivity contribution in [3.05, 3.63) is 54.1 Å². The molecule has 1 aliphatic heterocycles. The number of hydrogen-bond acceptors (Lipinski definition) is 5. The fourth-order valence-electron chi connectivity index (χ4n) is 2.84. The number of nitrogens with zero attached hydrogens (tertiary/aromatic N) is 1. The van der Waals surface area contributed by atoms with Crippen LogP contribution in [0.4, 0.5) is 11.4 Å².